The van der Waals surface area contributed by atoms with Gasteiger partial charge in [0.25, 0.3) is 0 Å². The lowest BCUT2D eigenvalue weighted by molar-refractivity contribution is -0.143. The van der Waals surface area contributed by atoms with Gasteiger partial charge in [0.1, 0.15) is 6.04 Å². The average Bonchev–Trinajstić information content (AvgIpc) is 2.95. The number of carboxylic acid groups (broad SMARTS) is 1. The third-order valence-corrected chi connectivity index (χ3v) is 4.53. The summed E-state index contributed by atoms with van der Waals surface area (Å²) in [6, 6.07) is 4.27. The third kappa shape index (κ3) is 4.25. The van der Waals surface area contributed by atoms with Crippen molar-refractivity contribution >= 4 is 11.9 Å². The number of aliphatic carboxylic acids is 1. The molecule has 0 spiro atoms. The first-order chi connectivity index (χ1) is 13.1. The highest BCUT2D eigenvalue weighted by Gasteiger charge is 2.32. The largest absolute Gasteiger partial charge is 0.481 e. The molecule has 0 aliphatic carbocycles. The molecular formula is C18H23N5O4. The van der Waals surface area contributed by atoms with Gasteiger partial charge in [0.05, 0.1) is 14.2 Å². The molecule has 0 aromatic carbocycles. The van der Waals surface area contributed by atoms with Crippen molar-refractivity contribution in [2.24, 2.45) is 0 Å². The second kappa shape index (κ2) is 8.63. The van der Waals surface area contributed by atoms with Crippen molar-refractivity contribution in [1.82, 2.24) is 19.9 Å². The second-order valence-corrected chi connectivity index (χ2v) is 6.12. The van der Waals surface area contributed by atoms with Crippen LogP contribution in [0.2, 0.25) is 0 Å². The van der Waals surface area contributed by atoms with E-state index in [0.29, 0.717) is 37.0 Å². The van der Waals surface area contributed by atoms with Crippen LogP contribution >= 0.6 is 0 Å². The van der Waals surface area contributed by atoms with Crippen molar-refractivity contribution in [3.05, 3.63) is 36.2 Å². The van der Waals surface area contributed by atoms with E-state index in [1.165, 1.54) is 14.2 Å². The van der Waals surface area contributed by atoms with Gasteiger partial charge in [-0.1, -0.05) is 0 Å². The van der Waals surface area contributed by atoms with Gasteiger partial charge in [0, 0.05) is 50.2 Å². The molecule has 1 unspecified atom stereocenters. The van der Waals surface area contributed by atoms with E-state index in [9.17, 15) is 9.90 Å². The fourth-order valence-corrected chi connectivity index (χ4v) is 3.26. The normalized spacial score (nSPS) is 16.4. The molecule has 0 saturated carbocycles. The van der Waals surface area contributed by atoms with E-state index in [0.717, 1.165) is 13.0 Å². The Hall–Kier alpha value is -2.94. The number of carboxylic acids is 1. The van der Waals surface area contributed by atoms with Gasteiger partial charge in [-0.05, 0) is 18.6 Å². The quantitative estimate of drug-likeness (QED) is 0.801. The number of ether oxygens (including phenoxy) is 2. The molecule has 1 saturated heterocycles. The molecule has 3 heterocycles. The predicted octanol–water partition coefficient (Wildman–Crippen LogP) is 1.23. The summed E-state index contributed by atoms with van der Waals surface area (Å²) in [5.74, 6) is 0.358. The molecule has 0 amide bonds. The monoisotopic (exact) mass is 373 g/mol. The molecule has 27 heavy (non-hydrogen) atoms. The van der Waals surface area contributed by atoms with E-state index in [1.54, 1.807) is 30.6 Å². The van der Waals surface area contributed by atoms with Gasteiger partial charge in [-0.25, -0.2) is 9.97 Å². The Bertz CT molecular complexity index is 774. The number of hydrogen-bond donors (Lipinski definition) is 1. The van der Waals surface area contributed by atoms with Crippen molar-refractivity contribution in [2.45, 2.75) is 12.5 Å². The van der Waals surface area contributed by atoms with Gasteiger partial charge in [0.2, 0.25) is 17.7 Å². The van der Waals surface area contributed by atoms with E-state index in [-0.39, 0.29) is 5.88 Å². The number of anilines is 1. The fourth-order valence-electron chi connectivity index (χ4n) is 3.26. The SMILES string of the molecule is COc1ccc(C(C(=O)O)N2CCCN(c3ncccn3)CC2)c(OC)n1. The summed E-state index contributed by atoms with van der Waals surface area (Å²) >= 11 is 0. The molecule has 1 N–H and O–H groups in total. The Morgan fingerprint density at radius 1 is 1.11 bits per heavy atom. The summed E-state index contributed by atoms with van der Waals surface area (Å²) in [5, 5.41) is 9.91. The highest BCUT2D eigenvalue weighted by molar-refractivity contribution is 5.76. The highest BCUT2D eigenvalue weighted by Crippen LogP contribution is 2.31. The van der Waals surface area contributed by atoms with Crippen LogP contribution in [0.4, 0.5) is 5.95 Å². The summed E-state index contributed by atoms with van der Waals surface area (Å²) in [6.45, 7) is 2.60. The number of nitrogens with zero attached hydrogens (tertiary/aromatic N) is 5. The van der Waals surface area contributed by atoms with Crippen molar-refractivity contribution in [3.8, 4) is 11.8 Å². The third-order valence-electron chi connectivity index (χ3n) is 4.53. The molecule has 2 aromatic heterocycles. The predicted molar refractivity (Wildman–Crippen MR) is 98.2 cm³/mol. The van der Waals surface area contributed by atoms with Crippen molar-refractivity contribution in [2.75, 3.05) is 45.3 Å². The van der Waals surface area contributed by atoms with Crippen LogP contribution in [0.5, 0.6) is 11.8 Å². The average molecular weight is 373 g/mol. The van der Waals surface area contributed by atoms with Crippen LogP contribution < -0.4 is 14.4 Å². The molecule has 1 aliphatic heterocycles. The molecule has 9 nitrogen and oxygen atoms in total. The Morgan fingerprint density at radius 2 is 1.89 bits per heavy atom. The Kier molecular flexibility index (Phi) is 6.02. The minimum atomic E-state index is -0.940. The number of methoxy groups -OCH3 is 2. The van der Waals surface area contributed by atoms with Gasteiger partial charge in [0.15, 0.2) is 0 Å². The van der Waals surface area contributed by atoms with E-state index < -0.39 is 12.0 Å². The zero-order chi connectivity index (χ0) is 19.2. The summed E-state index contributed by atoms with van der Waals surface area (Å²) in [5.41, 5.74) is 0.509. The first-order valence-corrected chi connectivity index (χ1v) is 8.71. The summed E-state index contributed by atoms with van der Waals surface area (Å²) in [7, 11) is 2.98. The maximum atomic E-state index is 12.1. The molecule has 1 fully saturated rings. The lowest BCUT2D eigenvalue weighted by Crippen LogP contribution is -2.37. The molecule has 2 aromatic rings. The topological polar surface area (TPSA) is 101 Å². The first-order valence-electron chi connectivity index (χ1n) is 8.71. The lowest BCUT2D eigenvalue weighted by atomic mass is 10.1. The Morgan fingerprint density at radius 3 is 2.56 bits per heavy atom. The van der Waals surface area contributed by atoms with E-state index in [4.69, 9.17) is 9.47 Å². The summed E-state index contributed by atoms with van der Waals surface area (Å²) in [6.07, 6.45) is 4.21. The molecule has 3 rings (SSSR count). The van der Waals surface area contributed by atoms with E-state index in [1.807, 2.05) is 4.90 Å². The van der Waals surface area contributed by atoms with Crippen LogP contribution in [-0.2, 0) is 4.79 Å². The summed E-state index contributed by atoms with van der Waals surface area (Å²) in [4.78, 5) is 28.9. The number of rotatable bonds is 6. The molecule has 9 heteroatoms. The van der Waals surface area contributed by atoms with Crippen molar-refractivity contribution < 1.29 is 19.4 Å². The van der Waals surface area contributed by atoms with E-state index >= 15 is 0 Å². The van der Waals surface area contributed by atoms with Crippen LogP contribution in [0.25, 0.3) is 0 Å². The van der Waals surface area contributed by atoms with Gasteiger partial charge in [-0.3, -0.25) is 9.69 Å². The molecule has 0 bridgehead atoms. The summed E-state index contributed by atoms with van der Waals surface area (Å²) < 4.78 is 10.4. The molecular weight excluding hydrogens is 350 g/mol. The maximum Gasteiger partial charge on any atom is 0.325 e. The molecule has 1 atom stereocenters. The zero-order valence-electron chi connectivity index (χ0n) is 15.4. The van der Waals surface area contributed by atoms with Gasteiger partial charge >= 0.3 is 5.97 Å². The number of carbonyl (C=O) groups is 1. The number of aromatic nitrogens is 3. The Labute approximate surface area is 157 Å². The Balaban J connectivity index is 1.83. The molecule has 0 radical (unpaired) electrons. The van der Waals surface area contributed by atoms with Crippen LogP contribution in [0.15, 0.2) is 30.6 Å². The fraction of sp³-hybridized carbons (Fsp3) is 0.444. The molecule has 144 valence electrons. The second-order valence-electron chi connectivity index (χ2n) is 6.12. The van der Waals surface area contributed by atoms with Crippen molar-refractivity contribution in [3.63, 3.8) is 0 Å². The maximum absolute atomic E-state index is 12.1. The van der Waals surface area contributed by atoms with E-state index in [2.05, 4.69) is 19.9 Å². The van der Waals surface area contributed by atoms with Crippen LogP contribution in [0, 0.1) is 0 Å². The number of hydrogen-bond acceptors (Lipinski definition) is 8. The highest BCUT2D eigenvalue weighted by atomic mass is 16.5. The van der Waals surface area contributed by atoms with Crippen LogP contribution in [-0.4, -0.2) is 71.3 Å². The van der Waals surface area contributed by atoms with Gasteiger partial charge < -0.3 is 19.5 Å². The zero-order valence-corrected chi connectivity index (χ0v) is 15.4. The minimum absolute atomic E-state index is 0.259. The standard InChI is InChI=1S/C18H23N5O4/c1-26-14-6-5-13(16(21-14)27-2)15(17(24)25)22-9-4-10-23(12-11-22)18-19-7-3-8-20-18/h3,5-8,15H,4,9-12H2,1-2H3,(H,24,25). The van der Waals surface area contributed by atoms with Gasteiger partial charge in [-0.15, -0.1) is 0 Å². The van der Waals surface area contributed by atoms with Crippen LogP contribution in [0.1, 0.15) is 18.0 Å². The lowest BCUT2D eigenvalue weighted by Gasteiger charge is -2.28. The van der Waals surface area contributed by atoms with Crippen molar-refractivity contribution in [1.29, 1.82) is 0 Å². The van der Waals surface area contributed by atoms with Gasteiger partial charge in [-0.2, -0.15) is 4.98 Å². The molecule has 1 aliphatic rings. The minimum Gasteiger partial charge on any atom is -0.481 e. The number of pyridine rings is 1. The smallest absolute Gasteiger partial charge is 0.325 e. The first kappa shape index (κ1) is 18.8. The van der Waals surface area contributed by atoms with Crippen LogP contribution in [0.3, 0.4) is 0 Å².